The maximum atomic E-state index is 11.7. The van der Waals surface area contributed by atoms with Gasteiger partial charge in [0.05, 0.1) is 19.7 Å². The highest BCUT2D eigenvalue weighted by molar-refractivity contribution is 5.86. The number of nitrogens with one attached hydrogen (secondary N) is 2. The van der Waals surface area contributed by atoms with Gasteiger partial charge in [-0.2, -0.15) is 0 Å². The fourth-order valence-electron chi connectivity index (χ4n) is 1.71. The van der Waals surface area contributed by atoms with E-state index in [1.165, 1.54) is 5.56 Å². The fraction of sp³-hybridized carbons (Fsp3) is 0.500. The summed E-state index contributed by atoms with van der Waals surface area (Å²) < 4.78 is 5.02. The molecule has 6 nitrogen and oxygen atoms in total. The number of likely N-dealkylation sites (N-methyl/N-ethyl adjacent to an activating group) is 1. The van der Waals surface area contributed by atoms with Gasteiger partial charge in [0, 0.05) is 27.7 Å². The van der Waals surface area contributed by atoms with Crippen LogP contribution in [-0.2, 0) is 16.1 Å². The summed E-state index contributed by atoms with van der Waals surface area (Å²) in [5, 5.41) is 6.19. The molecule has 0 saturated heterocycles. The van der Waals surface area contributed by atoms with Crippen LogP contribution in [0.4, 0.5) is 0 Å². The number of carbonyl (C=O) groups excluding carboxylic acids is 1. The van der Waals surface area contributed by atoms with Gasteiger partial charge in [0.1, 0.15) is 0 Å². The molecule has 0 aromatic heterocycles. The molecule has 1 rings (SSSR count). The second-order valence-corrected chi connectivity index (χ2v) is 5.15. The van der Waals surface area contributed by atoms with E-state index in [1.807, 2.05) is 12.1 Å². The number of rotatable bonds is 7. The van der Waals surface area contributed by atoms with Gasteiger partial charge in [0.2, 0.25) is 5.91 Å². The minimum atomic E-state index is -0.00265. The smallest absolute Gasteiger partial charge is 0.241 e. The molecule has 0 fully saturated rings. The molecule has 0 unspecified atom stereocenters. The Labute approximate surface area is 132 Å². The Morgan fingerprint density at radius 2 is 2.00 bits per heavy atom. The second-order valence-electron chi connectivity index (χ2n) is 5.15. The standard InChI is InChI=1S/C16H26N4O2/c1-13-7-5-6-8-14(13)11-18-16(17-9-10-22-4)19-12-15(21)20(2)3/h5-8H,9-12H2,1-4H3,(H2,17,18,19). The van der Waals surface area contributed by atoms with Crippen LogP contribution in [-0.4, -0.2) is 57.7 Å². The Bertz CT molecular complexity index is 501. The van der Waals surface area contributed by atoms with Crippen LogP contribution in [0.5, 0.6) is 0 Å². The second kappa shape index (κ2) is 9.78. The molecule has 122 valence electrons. The Balaban J connectivity index is 2.65. The van der Waals surface area contributed by atoms with E-state index in [-0.39, 0.29) is 12.5 Å². The van der Waals surface area contributed by atoms with Crippen molar-refractivity contribution >= 4 is 11.9 Å². The van der Waals surface area contributed by atoms with E-state index in [9.17, 15) is 4.79 Å². The molecule has 1 amide bonds. The van der Waals surface area contributed by atoms with Crippen molar-refractivity contribution in [1.29, 1.82) is 0 Å². The monoisotopic (exact) mass is 306 g/mol. The third kappa shape index (κ3) is 6.58. The average Bonchev–Trinajstić information content (AvgIpc) is 2.50. The van der Waals surface area contributed by atoms with Crippen LogP contribution in [0.2, 0.25) is 0 Å². The number of amides is 1. The first kappa shape index (κ1) is 18.0. The highest BCUT2D eigenvalue weighted by Crippen LogP contribution is 2.07. The van der Waals surface area contributed by atoms with Gasteiger partial charge in [0.25, 0.3) is 0 Å². The van der Waals surface area contributed by atoms with Crippen molar-refractivity contribution in [2.45, 2.75) is 13.5 Å². The number of benzene rings is 1. The third-order valence-corrected chi connectivity index (χ3v) is 3.17. The summed E-state index contributed by atoms with van der Waals surface area (Å²) in [6.45, 7) is 4.04. The highest BCUT2D eigenvalue weighted by Gasteiger charge is 2.06. The van der Waals surface area contributed by atoms with Crippen LogP contribution in [0.15, 0.2) is 29.3 Å². The zero-order valence-corrected chi connectivity index (χ0v) is 13.8. The average molecular weight is 306 g/mol. The van der Waals surface area contributed by atoms with Crippen molar-refractivity contribution in [3.8, 4) is 0 Å². The van der Waals surface area contributed by atoms with Crippen molar-refractivity contribution in [3.05, 3.63) is 35.4 Å². The van der Waals surface area contributed by atoms with Crippen LogP contribution in [0.3, 0.4) is 0 Å². The SMILES string of the molecule is COCCNC(=NCc1ccccc1C)NCC(=O)N(C)C. The van der Waals surface area contributed by atoms with Crippen LogP contribution < -0.4 is 10.6 Å². The number of aliphatic imine (C=N–C) groups is 1. The Morgan fingerprint density at radius 1 is 1.27 bits per heavy atom. The van der Waals surface area contributed by atoms with Crippen molar-refractivity contribution in [1.82, 2.24) is 15.5 Å². The van der Waals surface area contributed by atoms with E-state index in [0.29, 0.717) is 25.7 Å². The minimum Gasteiger partial charge on any atom is -0.383 e. The number of methoxy groups -OCH3 is 1. The van der Waals surface area contributed by atoms with Crippen LogP contribution in [0.25, 0.3) is 0 Å². The van der Waals surface area contributed by atoms with E-state index in [4.69, 9.17) is 4.74 Å². The Hall–Kier alpha value is -2.08. The molecule has 0 heterocycles. The molecule has 6 heteroatoms. The molecule has 0 aliphatic heterocycles. The van der Waals surface area contributed by atoms with Gasteiger partial charge >= 0.3 is 0 Å². The summed E-state index contributed by atoms with van der Waals surface area (Å²) in [5.74, 6) is 0.604. The maximum absolute atomic E-state index is 11.7. The number of hydrogen-bond acceptors (Lipinski definition) is 3. The van der Waals surface area contributed by atoms with Crippen LogP contribution in [0.1, 0.15) is 11.1 Å². The summed E-state index contributed by atoms with van der Waals surface area (Å²) in [6, 6.07) is 8.12. The van der Waals surface area contributed by atoms with Gasteiger partial charge in [-0.05, 0) is 18.1 Å². The largest absolute Gasteiger partial charge is 0.383 e. The molecular formula is C16H26N4O2. The molecule has 0 radical (unpaired) electrons. The van der Waals surface area contributed by atoms with Crippen molar-refractivity contribution in [3.63, 3.8) is 0 Å². The molecule has 0 aliphatic rings. The van der Waals surface area contributed by atoms with Gasteiger partial charge in [0.15, 0.2) is 5.96 Å². The molecular weight excluding hydrogens is 280 g/mol. The molecule has 22 heavy (non-hydrogen) atoms. The number of hydrogen-bond donors (Lipinski definition) is 2. The molecule has 0 aliphatic carbocycles. The van der Waals surface area contributed by atoms with Gasteiger partial charge in [-0.25, -0.2) is 4.99 Å². The summed E-state index contributed by atoms with van der Waals surface area (Å²) in [6.07, 6.45) is 0. The molecule has 0 bridgehead atoms. The van der Waals surface area contributed by atoms with Gasteiger partial charge in [-0.15, -0.1) is 0 Å². The van der Waals surface area contributed by atoms with E-state index in [0.717, 1.165) is 5.56 Å². The fourth-order valence-corrected chi connectivity index (χ4v) is 1.71. The van der Waals surface area contributed by atoms with Gasteiger partial charge in [-0.1, -0.05) is 24.3 Å². The number of guanidine groups is 1. The third-order valence-electron chi connectivity index (χ3n) is 3.17. The first-order valence-electron chi connectivity index (χ1n) is 7.30. The van der Waals surface area contributed by atoms with Crippen molar-refractivity contribution in [2.75, 3.05) is 40.9 Å². The summed E-state index contributed by atoms with van der Waals surface area (Å²) in [4.78, 5) is 17.7. The first-order chi connectivity index (χ1) is 10.5. The van der Waals surface area contributed by atoms with E-state index < -0.39 is 0 Å². The molecule has 1 aromatic carbocycles. The number of aryl methyl sites for hydroxylation is 1. The van der Waals surface area contributed by atoms with Gasteiger partial charge < -0.3 is 20.3 Å². The lowest BCUT2D eigenvalue weighted by atomic mass is 10.1. The predicted octanol–water partition coefficient (Wildman–Crippen LogP) is 0.765. The number of ether oxygens (including phenoxy) is 1. The van der Waals surface area contributed by atoms with Crippen LogP contribution >= 0.6 is 0 Å². The summed E-state index contributed by atoms with van der Waals surface area (Å²) in [7, 11) is 5.11. The molecule has 0 saturated carbocycles. The Morgan fingerprint density at radius 3 is 2.64 bits per heavy atom. The maximum Gasteiger partial charge on any atom is 0.241 e. The zero-order valence-electron chi connectivity index (χ0n) is 13.8. The van der Waals surface area contributed by atoms with E-state index in [2.05, 4.69) is 34.7 Å². The topological polar surface area (TPSA) is 66.0 Å². The van der Waals surface area contributed by atoms with Gasteiger partial charge in [-0.3, -0.25) is 4.79 Å². The zero-order chi connectivity index (χ0) is 16.4. The summed E-state index contributed by atoms with van der Waals surface area (Å²) in [5.41, 5.74) is 2.36. The lowest BCUT2D eigenvalue weighted by Crippen LogP contribution is -2.43. The van der Waals surface area contributed by atoms with Crippen molar-refractivity contribution in [2.24, 2.45) is 4.99 Å². The predicted molar refractivity (Wildman–Crippen MR) is 88.9 cm³/mol. The molecule has 0 spiro atoms. The lowest BCUT2D eigenvalue weighted by molar-refractivity contribution is -0.127. The van der Waals surface area contributed by atoms with Crippen molar-refractivity contribution < 1.29 is 9.53 Å². The minimum absolute atomic E-state index is 0.00265. The van der Waals surface area contributed by atoms with Crippen LogP contribution in [0, 0.1) is 6.92 Å². The highest BCUT2D eigenvalue weighted by atomic mass is 16.5. The molecule has 1 aromatic rings. The molecule has 0 atom stereocenters. The Kier molecular flexibility index (Phi) is 7.99. The first-order valence-corrected chi connectivity index (χ1v) is 7.30. The van der Waals surface area contributed by atoms with E-state index in [1.54, 1.807) is 26.1 Å². The quantitative estimate of drug-likeness (QED) is 0.443. The van der Waals surface area contributed by atoms with E-state index >= 15 is 0 Å². The number of carbonyl (C=O) groups is 1. The summed E-state index contributed by atoms with van der Waals surface area (Å²) >= 11 is 0. The number of nitrogens with zero attached hydrogens (tertiary/aromatic N) is 2. The molecule has 2 N–H and O–H groups in total. The lowest BCUT2D eigenvalue weighted by Gasteiger charge is -2.15. The normalized spacial score (nSPS) is 11.2.